The zero-order valence-corrected chi connectivity index (χ0v) is 15.9. The molecule has 1 aromatic rings. The molecule has 1 atom stereocenters. The predicted molar refractivity (Wildman–Crippen MR) is 97.7 cm³/mol. The van der Waals surface area contributed by atoms with Gasteiger partial charge in [-0.3, -0.25) is 0 Å². The van der Waals surface area contributed by atoms with Crippen LogP contribution >= 0.6 is 0 Å². The Morgan fingerprint density at radius 1 is 1.28 bits per heavy atom. The average molecular weight is 373 g/mol. The Hall–Kier alpha value is -1.18. The highest BCUT2D eigenvalue weighted by atomic mass is 32.2. The molecule has 1 aliphatic carbocycles. The average Bonchev–Trinajstić information content (AvgIpc) is 3.37. The molecule has 0 spiro atoms. The summed E-state index contributed by atoms with van der Waals surface area (Å²) in [4.78, 5) is 0. The van der Waals surface area contributed by atoms with Gasteiger partial charge in [-0.25, -0.2) is 17.5 Å². The van der Waals surface area contributed by atoms with E-state index in [9.17, 15) is 12.8 Å². The van der Waals surface area contributed by atoms with E-state index in [1.807, 2.05) is 7.05 Å². The maximum Gasteiger partial charge on any atom is 0.212 e. The highest BCUT2D eigenvalue weighted by molar-refractivity contribution is 7.89. The van der Waals surface area contributed by atoms with Gasteiger partial charge in [0.2, 0.25) is 10.0 Å². The highest BCUT2D eigenvalue weighted by Crippen LogP contribution is 2.31. The monoisotopic (exact) mass is 372 g/mol. The summed E-state index contributed by atoms with van der Waals surface area (Å²) in [5.41, 5.74) is 0.700. The summed E-state index contributed by atoms with van der Waals surface area (Å²) in [6.45, 7) is 3.17. The summed E-state index contributed by atoms with van der Waals surface area (Å²) in [6, 6.07) is 4.10. The molecule has 7 heteroatoms. The van der Waals surface area contributed by atoms with Crippen LogP contribution in [0, 0.1) is 11.7 Å². The minimum Gasteiger partial charge on any atom is -0.490 e. The van der Waals surface area contributed by atoms with Gasteiger partial charge in [-0.1, -0.05) is 12.5 Å². The largest absolute Gasteiger partial charge is 0.490 e. The lowest BCUT2D eigenvalue weighted by Gasteiger charge is -2.16. The number of ether oxygens (including phenoxy) is 1. The molecule has 2 rings (SSSR count). The Bertz CT molecular complexity index is 648. The van der Waals surface area contributed by atoms with Crippen molar-refractivity contribution in [3.8, 4) is 5.75 Å². The number of halogens is 1. The standard InChI is InChI=1S/C18H29FN2O3S/c1-14(21-25(22,23)11-5-3-4-10-20-2)16-8-9-17(19)18(12-16)24-13-15-6-7-15/h8-9,12,14-15,20-21H,3-7,10-11,13H2,1-2H3/t14-/m1/s1. The number of hydrogen-bond acceptors (Lipinski definition) is 4. The number of rotatable bonds is 12. The Labute approximate surface area is 150 Å². The molecule has 0 saturated heterocycles. The van der Waals surface area contributed by atoms with Crippen molar-refractivity contribution in [2.75, 3.05) is 26.0 Å². The van der Waals surface area contributed by atoms with Crippen molar-refractivity contribution in [1.29, 1.82) is 0 Å². The summed E-state index contributed by atoms with van der Waals surface area (Å²) in [5, 5.41) is 3.04. The molecular weight excluding hydrogens is 343 g/mol. The van der Waals surface area contributed by atoms with Gasteiger partial charge in [0.15, 0.2) is 11.6 Å². The van der Waals surface area contributed by atoms with E-state index in [1.54, 1.807) is 19.1 Å². The molecular formula is C18H29FN2O3S. The smallest absolute Gasteiger partial charge is 0.212 e. The van der Waals surface area contributed by atoms with Crippen LogP contribution in [0.2, 0.25) is 0 Å². The second-order valence-electron chi connectivity index (χ2n) is 6.77. The molecule has 142 valence electrons. The van der Waals surface area contributed by atoms with Crippen LogP contribution in [0.15, 0.2) is 18.2 Å². The normalized spacial score (nSPS) is 16.0. The highest BCUT2D eigenvalue weighted by Gasteiger charge is 2.23. The van der Waals surface area contributed by atoms with Crippen molar-refractivity contribution in [2.45, 2.75) is 45.1 Å². The maximum atomic E-state index is 13.8. The molecule has 1 fully saturated rings. The first-order valence-corrected chi connectivity index (χ1v) is 10.6. The van der Waals surface area contributed by atoms with E-state index in [2.05, 4.69) is 10.0 Å². The van der Waals surface area contributed by atoms with Crippen LogP contribution in [0.4, 0.5) is 4.39 Å². The van der Waals surface area contributed by atoms with Gasteiger partial charge in [0.05, 0.1) is 12.4 Å². The third kappa shape index (κ3) is 7.30. The van der Waals surface area contributed by atoms with Crippen LogP contribution in [-0.4, -0.2) is 34.4 Å². The van der Waals surface area contributed by atoms with Crippen LogP contribution in [0.5, 0.6) is 5.75 Å². The third-order valence-electron chi connectivity index (χ3n) is 4.32. The van der Waals surface area contributed by atoms with E-state index in [0.717, 1.165) is 32.2 Å². The first-order chi connectivity index (χ1) is 11.9. The molecule has 0 heterocycles. The summed E-state index contributed by atoms with van der Waals surface area (Å²) < 4.78 is 46.4. The zero-order chi connectivity index (χ0) is 18.3. The molecule has 0 bridgehead atoms. The van der Waals surface area contributed by atoms with Gasteiger partial charge in [0.1, 0.15) is 0 Å². The molecule has 0 aromatic heterocycles. The summed E-state index contributed by atoms with van der Waals surface area (Å²) in [7, 11) is -1.48. The van der Waals surface area contributed by atoms with Gasteiger partial charge in [-0.15, -0.1) is 0 Å². The molecule has 0 amide bonds. The third-order valence-corrected chi connectivity index (χ3v) is 5.86. The summed E-state index contributed by atoms with van der Waals surface area (Å²) in [6.07, 6.45) is 4.72. The number of sulfonamides is 1. The van der Waals surface area contributed by atoms with Gasteiger partial charge in [0.25, 0.3) is 0 Å². The first kappa shape index (κ1) is 20.1. The Kier molecular flexibility index (Phi) is 7.65. The van der Waals surface area contributed by atoms with E-state index < -0.39 is 21.9 Å². The van der Waals surface area contributed by atoms with Crippen LogP contribution in [0.3, 0.4) is 0 Å². The lowest BCUT2D eigenvalue weighted by molar-refractivity contribution is 0.285. The molecule has 0 aliphatic heterocycles. The van der Waals surface area contributed by atoms with Gasteiger partial charge >= 0.3 is 0 Å². The van der Waals surface area contributed by atoms with Crippen molar-refractivity contribution in [1.82, 2.24) is 10.0 Å². The van der Waals surface area contributed by atoms with Crippen molar-refractivity contribution in [3.05, 3.63) is 29.6 Å². The Morgan fingerprint density at radius 2 is 2.04 bits per heavy atom. The van der Waals surface area contributed by atoms with Crippen molar-refractivity contribution >= 4 is 10.0 Å². The zero-order valence-electron chi connectivity index (χ0n) is 15.1. The van der Waals surface area contributed by atoms with E-state index >= 15 is 0 Å². The van der Waals surface area contributed by atoms with E-state index in [4.69, 9.17) is 4.74 Å². The number of unbranched alkanes of at least 4 members (excludes halogenated alkanes) is 2. The molecule has 1 aliphatic rings. The number of nitrogens with one attached hydrogen (secondary N) is 2. The quantitative estimate of drug-likeness (QED) is 0.554. The van der Waals surface area contributed by atoms with Crippen LogP contribution in [0.25, 0.3) is 0 Å². The molecule has 0 radical (unpaired) electrons. The fourth-order valence-electron chi connectivity index (χ4n) is 2.56. The van der Waals surface area contributed by atoms with Crippen LogP contribution in [-0.2, 0) is 10.0 Å². The first-order valence-electron chi connectivity index (χ1n) is 8.98. The van der Waals surface area contributed by atoms with E-state index in [0.29, 0.717) is 24.5 Å². The van der Waals surface area contributed by atoms with Crippen molar-refractivity contribution < 1.29 is 17.5 Å². The van der Waals surface area contributed by atoms with E-state index in [1.165, 1.54) is 6.07 Å². The predicted octanol–water partition coefficient (Wildman–Crippen LogP) is 2.98. The topological polar surface area (TPSA) is 67.4 Å². The minimum atomic E-state index is -3.36. The molecule has 25 heavy (non-hydrogen) atoms. The Morgan fingerprint density at radius 3 is 2.72 bits per heavy atom. The Balaban J connectivity index is 1.87. The SMILES string of the molecule is CNCCCCCS(=O)(=O)N[C@H](C)c1ccc(F)c(OCC2CC2)c1. The number of benzene rings is 1. The molecule has 5 nitrogen and oxygen atoms in total. The van der Waals surface area contributed by atoms with Gasteiger partial charge in [-0.05, 0) is 69.8 Å². The van der Waals surface area contributed by atoms with Crippen LogP contribution < -0.4 is 14.8 Å². The lowest BCUT2D eigenvalue weighted by atomic mass is 10.1. The second-order valence-corrected chi connectivity index (χ2v) is 8.64. The maximum absolute atomic E-state index is 13.8. The van der Waals surface area contributed by atoms with Crippen molar-refractivity contribution in [3.63, 3.8) is 0 Å². The van der Waals surface area contributed by atoms with E-state index in [-0.39, 0.29) is 11.5 Å². The summed E-state index contributed by atoms with van der Waals surface area (Å²) in [5.74, 6) is 0.418. The number of hydrogen-bond donors (Lipinski definition) is 2. The van der Waals surface area contributed by atoms with Gasteiger partial charge in [0, 0.05) is 6.04 Å². The fraction of sp³-hybridized carbons (Fsp3) is 0.667. The molecule has 2 N–H and O–H groups in total. The lowest BCUT2D eigenvalue weighted by Crippen LogP contribution is -2.29. The van der Waals surface area contributed by atoms with Crippen LogP contribution in [0.1, 0.15) is 50.6 Å². The van der Waals surface area contributed by atoms with Crippen molar-refractivity contribution in [2.24, 2.45) is 5.92 Å². The second kappa shape index (κ2) is 9.50. The molecule has 1 aromatic carbocycles. The molecule has 0 unspecified atom stereocenters. The summed E-state index contributed by atoms with van der Waals surface area (Å²) >= 11 is 0. The van der Waals surface area contributed by atoms with Gasteiger partial charge < -0.3 is 10.1 Å². The fourth-order valence-corrected chi connectivity index (χ4v) is 3.94. The molecule has 1 saturated carbocycles. The van der Waals surface area contributed by atoms with Gasteiger partial charge in [-0.2, -0.15) is 0 Å². The minimum absolute atomic E-state index is 0.104.